The van der Waals surface area contributed by atoms with Crippen molar-refractivity contribution in [2.75, 3.05) is 12.0 Å². The summed E-state index contributed by atoms with van der Waals surface area (Å²) in [6.07, 6.45) is 2.51. The fourth-order valence-corrected chi connectivity index (χ4v) is 4.80. The van der Waals surface area contributed by atoms with E-state index in [2.05, 4.69) is 0 Å². The lowest BCUT2D eigenvalue weighted by Crippen LogP contribution is -2.47. The number of carbonyl (C=O) groups excluding carboxylic acids is 1. The van der Waals surface area contributed by atoms with Gasteiger partial charge in [0.15, 0.2) is 6.23 Å². The summed E-state index contributed by atoms with van der Waals surface area (Å²) in [6, 6.07) is 21.3. The van der Waals surface area contributed by atoms with Crippen molar-refractivity contribution in [1.29, 1.82) is 0 Å². The maximum Gasteiger partial charge on any atom is 0.332 e. The van der Waals surface area contributed by atoms with E-state index in [1.54, 1.807) is 38.1 Å². The van der Waals surface area contributed by atoms with Crippen LogP contribution in [0, 0.1) is 0 Å². The van der Waals surface area contributed by atoms with Crippen LogP contribution in [0.1, 0.15) is 29.5 Å². The first-order chi connectivity index (χ1) is 18.3. The predicted octanol–water partition coefficient (Wildman–Crippen LogP) is 3.95. The number of anilines is 1. The quantitative estimate of drug-likeness (QED) is 0.365. The number of ether oxygens (including phenoxy) is 2. The number of fused-ring (bicyclic) bond motifs is 2. The first-order valence-electron chi connectivity index (χ1n) is 12.4. The van der Waals surface area contributed by atoms with Crippen LogP contribution in [-0.4, -0.2) is 28.4 Å². The molecule has 0 N–H and O–H groups in total. The van der Waals surface area contributed by atoms with E-state index < -0.39 is 29.4 Å². The van der Waals surface area contributed by atoms with Crippen LogP contribution in [0.15, 0.2) is 82.4 Å². The van der Waals surface area contributed by atoms with E-state index in [4.69, 9.17) is 9.47 Å². The molecule has 3 aromatic carbocycles. The molecule has 2 heterocycles. The summed E-state index contributed by atoms with van der Waals surface area (Å²) in [5.41, 5.74) is 1.29. The smallest absolute Gasteiger partial charge is 0.332 e. The minimum absolute atomic E-state index is 0.336. The van der Waals surface area contributed by atoms with Crippen molar-refractivity contribution in [3.63, 3.8) is 0 Å². The van der Waals surface area contributed by atoms with Gasteiger partial charge in [0, 0.05) is 20.6 Å². The third-order valence-electron chi connectivity index (χ3n) is 7.03. The van der Waals surface area contributed by atoms with Gasteiger partial charge >= 0.3 is 11.7 Å². The topological polar surface area (TPSA) is 82.8 Å². The van der Waals surface area contributed by atoms with Crippen LogP contribution in [0.25, 0.3) is 16.8 Å². The van der Waals surface area contributed by atoms with Crippen LogP contribution in [-0.2, 0) is 30.2 Å². The molecule has 0 saturated heterocycles. The Morgan fingerprint density at radius 1 is 0.947 bits per heavy atom. The first kappa shape index (κ1) is 25.1. The molecular weight excluding hydrogens is 482 g/mol. The van der Waals surface area contributed by atoms with Gasteiger partial charge in [-0.25, -0.2) is 4.79 Å². The Bertz CT molecular complexity index is 1670. The molecule has 5 rings (SSSR count). The summed E-state index contributed by atoms with van der Waals surface area (Å²) in [7, 11) is 4.69. The molecule has 4 aromatic rings. The van der Waals surface area contributed by atoms with E-state index in [0.29, 0.717) is 17.9 Å². The van der Waals surface area contributed by atoms with E-state index in [9.17, 15) is 14.4 Å². The van der Waals surface area contributed by atoms with Gasteiger partial charge in [-0.05, 0) is 53.1 Å². The summed E-state index contributed by atoms with van der Waals surface area (Å²) in [4.78, 5) is 40.9. The highest BCUT2D eigenvalue weighted by molar-refractivity contribution is 5.87. The van der Waals surface area contributed by atoms with Gasteiger partial charge in [-0.15, -0.1) is 0 Å². The molecule has 1 aliphatic heterocycles. The molecule has 0 bridgehead atoms. The number of benzene rings is 3. The molecule has 0 spiro atoms. The SMILES string of the molecule is COc1ccc2cc([C@H](C)C(=O)O[C@@H]3C=Cc4c(n(C)c(=O)n(C)c4=O)N3Cc3ccccc3)ccc2c1. The van der Waals surface area contributed by atoms with Gasteiger partial charge in [0.25, 0.3) is 5.56 Å². The molecule has 2 atom stereocenters. The van der Waals surface area contributed by atoms with Crippen LogP contribution in [0.3, 0.4) is 0 Å². The summed E-state index contributed by atoms with van der Waals surface area (Å²) < 4.78 is 13.8. The van der Waals surface area contributed by atoms with Crippen molar-refractivity contribution in [1.82, 2.24) is 9.13 Å². The Kier molecular flexibility index (Phi) is 6.63. The second-order valence-corrected chi connectivity index (χ2v) is 9.44. The second-order valence-electron chi connectivity index (χ2n) is 9.44. The number of methoxy groups -OCH3 is 1. The molecule has 0 saturated carbocycles. The maximum absolute atomic E-state index is 13.4. The summed E-state index contributed by atoms with van der Waals surface area (Å²) in [6.45, 7) is 2.14. The summed E-state index contributed by atoms with van der Waals surface area (Å²) >= 11 is 0. The average Bonchev–Trinajstić information content (AvgIpc) is 2.95. The van der Waals surface area contributed by atoms with Gasteiger partial charge < -0.3 is 14.4 Å². The Balaban J connectivity index is 1.48. The third-order valence-corrected chi connectivity index (χ3v) is 7.03. The van der Waals surface area contributed by atoms with Crippen molar-refractivity contribution in [3.05, 3.63) is 110 Å². The normalized spacial score (nSPS) is 15.3. The van der Waals surface area contributed by atoms with Gasteiger partial charge in [-0.1, -0.05) is 54.6 Å². The Hall–Kier alpha value is -4.59. The number of hydrogen-bond donors (Lipinski definition) is 0. The highest BCUT2D eigenvalue weighted by Gasteiger charge is 2.32. The fraction of sp³-hybridized carbons (Fsp3) is 0.233. The molecule has 0 amide bonds. The van der Waals surface area contributed by atoms with Crippen molar-refractivity contribution in [2.45, 2.75) is 25.6 Å². The van der Waals surface area contributed by atoms with Gasteiger partial charge in [0.05, 0.1) is 18.6 Å². The van der Waals surface area contributed by atoms with E-state index >= 15 is 0 Å². The Morgan fingerprint density at radius 3 is 2.39 bits per heavy atom. The van der Waals surface area contributed by atoms with Crippen molar-refractivity contribution in [2.24, 2.45) is 14.1 Å². The first-order valence-corrected chi connectivity index (χ1v) is 12.4. The second kappa shape index (κ2) is 10.0. The Labute approximate surface area is 220 Å². The van der Waals surface area contributed by atoms with Crippen LogP contribution in [0.2, 0.25) is 0 Å². The third kappa shape index (κ3) is 4.49. The zero-order valence-electron chi connectivity index (χ0n) is 21.8. The van der Waals surface area contributed by atoms with E-state index in [0.717, 1.165) is 32.2 Å². The van der Waals surface area contributed by atoms with Gasteiger partial charge in [0.2, 0.25) is 0 Å². The molecule has 38 heavy (non-hydrogen) atoms. The molecule has 0 aliphatic carbocycles. The molecule has 0 fully saturated rings. The summed E-state index contributed by atoms with van der Waals surface area (Å²) in [5, 5.41) is 2.00. The molecule has 0 unspecified atom stereocenters. The number of hydrogen-bond acceptors (Lipinski definition) is 6. The van der Waals surface area contributed by atoms with E-state index in [1.807, 2.05) is 66.7 Å². The molecule has 194 valence electrons. The highest BCUT2D eigenvalue weighted by atomic mass is 16.6. The van der Waals surface area contributed by atoms with Crippen molar-refractivity contribution < 1.29 is 14.3 Å². The fourth-order valence-electron chi connectivity index (χ4n) is 4.80. The summed E-state index contributed by atoms with van der Waals surface area (Å²) in [5.74, 6) is 0.226. The monoisotopic (exact) mass is 511 g/mol. The zero-order chi connectivity index (χ0) is 27.0. The van der Waals surface area contributed by atoms with E-state index in [1.165, 1.54) is 11.6 Å². The number of aromatic nitrogens is 2. The van der Waals surface area contributed by atoms with Gasteiger partial charge in [-0.2, -0.15) is 0 Å². The van der Waals surface area contributed by atoms with Gasteiger partial charge in [0.1, 0.15) is 11.6 Å². The average molecular weight is 512 g/mol. The number of esters is 1. The lowest BCUT2D eigenvalue weighted by atomic mass is 9.97. The maximum atomic E-state index is 13.4. The lowest BCUT2D eigenvalue weighted by Gasteiger charge is -2.36. The molecule has 1 aliphatic rings. The van der Waals surface area contributed by atoms with Gasteiger partial charge in [-0.3, -0.25) is 18.7 Å². The Morgan fingerprint density at radius 2 is 1.66 bits per heavy atom. The molecule has 0 radical (unpaired) electrons. The minimum atomic E-state index is -0.805. The molecule has 8 nitrogen and oxygen atoms in total. The van der Waals surface area contributed by atoms with Crippen molar-refractivity contribution >= 4 is 28.6 Å². The number of nitrogens with zero attached hydrogens (tertiary/aromatic N) is 3. The van der Waals surface area contributed by atoms with Crippen LogP contribution in [0.4, 0.5) is 5.82 Å². The highest BCUT2D eigenvalue weighted by Crippen LogP contribution is 2.30. The largest absolute Gasteiger partial charge is 0.497 e. The molecule has 1 aromatic heterocycles. The number of carbonyl (C=O) groups is 1. The molecule has 8 heteroatoms. The van der Waals surface area contributed by atoms with Crippen LogP contribution in [0.5, 0.6) is 5.75 Å². The lowest BCUT2D eigenvalue weighted by molar-refractivity contribution is -0.148. The standard InChI is InChI=1S/C30H29N3O5/c1-19(21-10-11-23-17-24(37-4)13-12-22(23)16-21)29(35)38-26-15-14-25-27(31(2)30(36)32(3)28(25)34)33(26)18-20-8-6-5-7-9-20/h5-17,19,26H,18H2,1-4H3/t19-,26+/m0/s1. The molecular formula is C30H29N3O5. The zero-order valence-corrected chi connectivity index (χ0v) is 21.8. The van der Waals surface area contributed by atoms with Crippen LogP contribution < -0.4 is 20.9 Å². The van der Waals surface area contributed by atoms with Crippen molar-refractivity contribution in [3.8, 4) is 5.75 Å². The number of rotatable bonds is 6. The minimum Gasteiger partial charge on any atom is -0.497 e. The predicted molar refractivity (Wildman–Crippen MR) is 147 cm³/mol. The van der Waals surface area contributed by atoms with E-state index in [-0.39, 0.29) is 0 Å². The van der Waals surface area contributed by atoms with Crippen LogP contribution >= 0.6 is 0 Å².